The fraction of sp³-hybridized carbons (Fsp3) is 0.389. The fourth-order valence-electron chi connectivity index (χ4n) is 3.11. The Bertz CT molecular complexity index is 634. The molecular weight excluding hydrogens is 306 g/mol. The largest absolute Gasteiger partial charge is 0.369 e. The van der Waals surface area contributed by atoms with Gasteiger partial charge in [0.15, 0.2) is 0 Å². The number of carbonyl (C=O) groups excluding carboxylic acids is 3. The van der Waals surface area contributed by atoms with E-state index >= 15 is 0 Å². The predicted molar refractivity (Wildman–Crippen MR) is 91.0 cm³/mol. The van der Waals surface area contributed by atoms with Gasteiger partial charge in [-0.05, 0) is 24.5 Å². The summed E-state index contributed by atoms with van der Waals surface area (Å²) in [6.07, 6.45) is 2.14. The summed E-state index contributed by atoms with van der Waals surface area (Å²) < 4.78 is 0. The highest BCUT2D eigenvalue weighted by Gasteiger charge is 2.42. The van der Waals surface area contributed by atoms with Crippen LogP contribution in [0.3, 0.4) is 0 Å². The molecule has 1 fully saturated rings. The average molecular weight is 329 g/mol. The number of likely N-dealkylation sites (N-methyl/N-ethyl adjacent to an activating group) is 1. The molecule has 2 N–H and O–H groups in total. The topological polar surface area (TPSA) is 83.7 Å². The molecule has 24 heavy (non-hydrogen) atoms. The Kier molecular flexibility index (Phi) is 5.39. The fourth-order valence-corrected chi connectivity index (χ4v) is 3.11. The van der Waals surface area contributed by atoms with Gasteiger partial charge in [0.05, 0.1) is 12.0 Å². The van der Waals surface area contributed by atoms with Gasteiger partial charge in [-0.25, -0.2) is 0 Å². The summed E-state index contributed by atoms with van der Waals surface area (Å²) in [6.45, 7) is 4.28. The molecule has 0 unspecified atom stereocenters. The number of rotatable bonds is 5. The van der Waals surface area contributed by atoms with E-state index in [0.717, 1.165) is 5.56 Å². The quantitative estimate of drug-likeness (QED) is 0.806. The second kappa shape index (κ2) is 7.29. The zero-order valence-corrected chi connectivity index (χ0v) is 13.9. The van der Waals surface area contributed by atoms with Crippen molar-refractivity contribution in [3.63, 3.8) is 0 Å². The molecule has 0 radical (unpaired) electrons. The van der Waals surface area contributed by atoms with Crippen molar-refractivity contribution < 1.29 is 14.4 Å². The Hall–Kier alpha value is -2.63. The zero-order valence-electron chi connectivity index (χ0n) is 13.9. The molecule has 1 heterocycles. The lowest BCUT2D eigenvalue weighted by atomic mass is 9.72. The molecule has 0 aliphatic carbocycles. The maximum absolute atomic E-state index is 12.3. The number of piperidine rings is 1. The lowest BCUT2D eigenvalue weighted by Gasteiger charge is -2.40. The van der Waals surface area contributed by atoms with Gasteiger partial charge >= 0.3 is 0 Å². The third-order valence-corrected chi connectivity index (χ3v) is 4.69. The summed E-state index contributed by atoms with van der Waals surface area (Å²) in [5.41, 5.74) is 5.84. The normalized spacial score (nSPS) is 16.3. The Morgan fingerprint density at radius 2 is 1.83 bits per heavy atom. The molecule has 6 heteroatoms. The number of nitrogens with zero attached hydrogens (tertiary/aromatic N) is 2. The molecular formula is C18H23N3O3. The number of nitrogens with two attached hydrogens (primary N) is 1. The minimum atomic E-state index is -0.735. The van der Waals surface area contributed by atoms with E-state index in [-0.39, 0.29) is 24.3 Å². The summed E-state index contributed by atoms with van der Waals surface area (Å²) in [5.74, 6) is -0.797. The minimum Gasteiger partial charge on any atom is -0.369 e. The molecule has 6 nitrogen and oxygen atoms in total. The maximum Gasteiger partial charge on any atom is 0.246 e. The van der Waals surface area contributed by atoms with E-state index in [0.29, 0.717) is 25.9 Å². The molecule has 128 valence electrons. The molecule has 1 aliphatic heterocycles. The summed E-state index contributed by atoms with van der Waals surface area (Å²) in [5, 5.41) is 0. The first kappa shape index (κ1) is 17.7. The van der Waals surface area contributed by atoms with Gasteiger partial charge in [0, 0.05) is 20.1 Å². The number of amides is 3. The highest BCUT2D eigenvalue weighted by atomic mass is 16.2. The zero-order chi connectivity index (χ0) is 17.7. The Morgan fingerprint density at radius 1 is 1.25 bits per heavy atom. The second-order valence-corrected chi connectivity index (χ2v) is 6.09. The van der Waals surface area contributed by atoms with Gasteiger partial charge in [-0.2, -0.15) is 0 Å². The second-order valence-electron chi connectivity index (χ2n) is 6.09. The van der Waals surface area contributed by atoms with E-state index in [4.69, 9.17) is 5.73 Å². The van der Waals surface area contributed by atoms with Crippen LogP contribution in [0.1, 0.15) is 18.4 Å². The molecule has 1 aromatic rings. The van der Waals surface area contributed by atoms with Gasteiger partial charge in [0.1, 0.15) is 0 Å². The number of likely N-dealkylation sites (tertiary alicyclic amines) is 1. The lowest BCUT2D eigenvalue weighted by Crippen LogP contribution is -2.52. The predicted octanol–water partition coefficient (Wildman–Crippen LogP) is 0.677. The van der Waals surface area contributed by atoms with Gasteiger partial charge in [-0.3, -0.25) is 14.4 Å². The van der Waals surface area contributed by atoms with E-state index in [1.54, 1.807) is 11.9 Å². The molecule has 0 bridgehead atoms. The van der Waals surface area contributed by atoms with E-state index in [1.165, 1.54) is 11.0 Å². The van der Waals surface area contributed by atoms with Crippen molar-refractivity contribution in [3.8, 4) is 0 Å². The monoisotopic (exact) mass is 329 g/mol. The minimum absolute atomic E-state index is 0.000236. The standard InChI is InChI=1S/C18H23N3O3/c1-3-15(22)20(2)13-16(23)21-11-9-18(10-12-21,17(19)24)14-7-5-4-6-8-14/h3-8H,1,9-13H2,2H3,(H2,19,24). The van der Waals surface area contributed by atoms with Crippen molar-refractivity contribution in [2.45, 2.75) is 18.3 Å². The lowest BCUT2D eigenvalue weighted by molar-refractivity contribution is -0.139. The van der Waals surface area contributed by atoms with E-state index in [9.17, 15) is 14.4 Å². The van der Waals surface area contributed by atoms with E-state index in [1.807, 2.05) is 30.3 Å². The van der Waals surface area contributed by atoms with Crippen LogP contribution >= 0.6 is 0 Å². The van der Waals surface area contributed by atoms with Crippen molar-refractivity contribution in [1.29, 1.82) is 0 Å². The third kappa shape index (κ3) is 3.48. The molecule has 0 atom stereocenters. The van der Waals surface area contributed by atoms with Crippen molar-refractivity contribution in [1.82, 2.24) is 9.80 Å². The summed E-state index contributed by atoms with van der Waals surface area (Å²) >= 11 is 0. The van der Waals surface area contributed by atoms with Crippen molar-refractivity contribution in [2.24, 2.45) is 5.73 Å². The molecule has 0 aromatic heterocycles. The number of hydrogen-bond acceptors (Lipinski definition) is 3. The van der Waals surface area contributed by atoms with Gasteiger partial charge in [0.25, 0.3) is 0 Å². The molecule has 0 spiro atoms. The molecule has 1 aliphatic rings. The first-order chi connectivity index (χ1) is 11.4. The van der Waals surface area contributed by atoms with Crippen LogP contribution in [-0.4, -0.2) is 54.2 Å². The average Bonchev–Trinajstić information content (AvgIpc) is 2.61. The molecule has 3 amide bonds. The Balaban J connectivity index is 2.06. The van der Waals surface area contributed by atoms with Crippen molar-refractivity contribution in [3.05, 3.63) is 48.6 Å². The van der Waals surface area contributed by atoms with Crippen molar-refractivity contribution >= 4 is 17.7 Å². The number of benzene rings is 1. The Labute approximate surface area is 141 Å². The first-order valence-electron chi connectivity index (χ1n) is 7.91. The number of primary amides is 1. The number of hydrogen-bond donors (Lipinski definition) is 1. The summed E-state index contributed by atoms with van der Waals surface area (Å²) in [6, 6.07) is 9.46. The maximum atomic E-state index is 12.3. The van der Waals surface area contributed by atoms with Crippen LogP contribution in [0.2, 0.25) is 0 Å². The van der Waals surface area contributed by atoms with Gasteiger partial charge in [0.2, 0.25) is 17.7 Å². The first-order valence-corrected chi connectivity index (χ1v) is 7.91. The summed E-state index contributed by atoms with van der Waals surface area (Å²) in [4.78, 5) is 38.9. The van der Waals surface area contributed by atoms with Gasteiger partial charge in [-0.1, -0.05) is 36.9 Å². The van der Waals surface area contributed by atoms with Crippen LogP contribution in [0, 0.1) is 0 Å². The van der Waals surface area contributed by atoms with Crippen LogP contribution in [0.5, 0.6) is 0 Å². The van der Waals surface area contributed by atoms with Gasteiger partial charge < -0.3 is 15.5 Å². The Morgan fingerprint density at radius 3 is 2.33 bits per heavy atom. The van der Waals surface area contributed by atoms with Crippen molar-refractivity contribution in [2.75, 3.05) is 26.7 Å². The third-order valence-electron chi connectivity index (χ3n) is 4.69. The van der Waals surface area contributed by atoms with Crippen LogP contribution in [0.15, 0.2) is 43.0 Å². The van der Waals surface area contributed by atoms with E-state index in [2.05, 4.69) is 6.58 Å². The summed E-state index contributed by atoms with van der Waals surface area (Å²) in [7, 11) is 1.56. The molecule has 2 rings (SSSR count). The smallest absolute Gasteiger partial charge is 0.246 e. The van der Waals surface area contributed by atoms with Gasteiger partial charge in [-0.15, -0.1) is 0 Å². The SMILES string of the molecule is C=CC(=O)N(C)CC(=O)N1CCC(C(N)=O)(c2ccccc2)CC1. The van der Waals surface area contributed by atoms with Crippen LogP contribution in [-0.2, 0) is 19.8 Å². The van der Waals surface area contributed by atoms with Crippen LogP contribution < -0.4 is 5.73 Å². The molecule has 1 aromatic carbocycles. The van der Waals surface area contributed by atoms with Crippen LogP contribution in [0.25, 0.3) is 0 Å². The van der Waals surface area contributed by atoms with Crippen LogP contribution in [0.4, 0.5) is 0 Å². The van der Waals surface area contributed by atoms with E-state index < -0.39 is 5.41 Å². The molecule has 0 saturated carbocycles. The number of carbonyl (C=O) groups is 3. The molecule has 1 saturated heterocycles. The highest BCUT2D eigenvalue weighted by Crippen LogP contribution is 2.35. The highest BCUT2D eigenvalue weighted by molar-refractivity contribution is 5.91.